The molecule has 0 saturated heterocycles. The van der Waals surface area contributed by atoms with Gasteiger partial charge in [0.05, 0.1) is 21.2 Å². The van der Waals surface area contributed by atoms with Gasteiger partial charge in [0, 0.05) is 36.2 Å². The van der Waals surface area contributed by atoms with Crippen LogP contribution in [0.25, 0.3) is 0 Å². The first-order chi connectivity index (χ1) is 29.1. The van der Waals surface area contributed by atoms with Crippen LogP contribution in [-0.2, 0) is 6.18 Å². The van der Waals surface area contributed by atoms with Crippen LogP contribution in [0.1, 0.15) is 43.6 Å². The molecule has 5 rings (SSSR count). The van der Waals surface area contributed by atoms with Crippen molar-refractivity contribution in [2.24, 2.45) is 0 Å². The first-order valence-corrected chi connectivity index (χ1v) is 20.3. The summed E-state index contributed by atoms with van der Waals surface area (Å²) in [6.45, 7) is 7.91. The summed E-state index contributed by atoms with van der Waals surface area (Å²) in [4.78, 5) is 40.0. The highest BCUT2D eigenvalue weighted by Gasteiger charge is 2.31. The molecule has 330 valence electrons. The van der Waals surface area contributed by atoms with Gasteiger partial charge in [-0.05, 0) is 88.4 Å². The van der Waals surface area contributed by atoms with E-state index in [-0.39, 0.29) is 66.8 Å². The van der Waals surface area contributed by atoms with Crippen LogP contribution in [0, 0.1) is 21.7 Å². The van der Waals surface area contributed by atoms with E-state index >= 15 is 0 Å². The van der Waals surface area contributed by atoms with E-state index in [0.717, 1.165) is 42.1 Å². The minimum absolute atomic E-state index is 0.0160. The Hall–Kier alpha value is -5.33. The van der Waals surface area contributed by atoms with Gasteiger partial charge in [-0.25, -0.2) is 13.8 Å². The summed E-state index contributed by atoms with van der Waals surface area (Å²) >= 11 is 23.8. The van der Waals surface area contributed by atoms with Crippen molar-refractivity contribution in [3.8, 4) is 23.1 Å². The highest BCUT2D eigenvalue weighted by atomic mass is 35.5. The smallest absolute Gasteiger partial charge is 0.416 e. The Morgan fingerprint density at radius 3 is 2.11 bits per heavy atom. The number of amides is 2. The summed E-state index contributed by atoms with van der Waals surface area (Å²) in [7, 11) is 0. The van der Waals surface area contributed by atoms with Gasteiger partial charge in [0.1, 0.15) is 49.6 Å². The Morgan fingerprint density at radius 2 is 1.53 bits per heavy atom. The van der Waals surface area contributed by atoms with Gasteiger partial charge in [0.15, 0.2) is 0 Å². The predicted octanol–water partition coefficient (Wildman–Crippen LogP) is 13.9. The molecule has 2 amide bonds. The Balaban J connectivity index is 0.000000262. The number of carbonyl (C=O) groups excluding carboxylic acids is 2. The summed E-state index contributed by atoms with van der Waals surface area (Å²) in [6.07, 6.45) is -3.29. The van der Waals surface area contributed by atoms with E-state index in [1.165, 1.54) is 36.5 Å². The number of nitro benzene ring substituents is 1. The highest BCUT2D eigenvalue weighted by Crippen LogP contribution is 2.39. The van der Waals surface area contributed by atoms with Gasteiger partial charge in [-0.15, -0.1) is 0 Å². The first-order valence-electron chi connectivity index (χ1n) is 17.8. The van der Waals surface area contributed by atoms with Crippen LogP contribution in [0.4, 0.5) is 43.8 Å². The minimum atomic E-state index is -4.57. The third kappa shape index (κ3) is 15.5. The molecule has 62 heavy (non-hydrogen) atoms. The maximum absolute atomic E-state index is 13.7. The average Bonchev–Trinajstić information content (AvgIpc) is 3.20. The zero-order chi connectivity index (χ0) is 46.3. The Labute approximate surface area is 377 Å². The maximum Gasteiger partial charge on any atom is 0.416 e. The van der Waals surface area contributed by atoms with Gasteiger partial charge >= 0.3 is 6.18 Å². The number of halogens is 9. The van der Waals surface area contributed by atoms with Gasteiger partial charge in [0.2, 0.25) is 5.88 Å². The van der Waals surface area contributed by atoms with Crippen molar-refractivity contribution < 1.29 is 45.9 Å². The Morgan fingerprint density at radius 1 is 0.887 bits per heavy atom. The number of thioether (sulfide) groups is 1. The standard InChI is InChI=1S/C19H11F5N2O2.C12H9ClN2O3.C10H16Cl3NOS/c20-12-6-7-16(15(21)10-12)26-17(27)14-5-2-8-25-18(14)28-13-4-1-3-11(9-13)19(22,23)24;13-11-10(18-8-4-2-1-3-5-8)7-6-9(12(11)14)15(16)17;1-6(2)14(7(3)4)10(15)16-5-8(11)9(12)13/h1-10H,(H,26,27);1-7H,14H2;6-7H,5H2,1-4H3. The van der Waals surface area contributed by atoms with E-state index < -0.39 is 34.2 Å². The number of ether oxygens (including phenoxy) is 2. The summed E-state index contributed by atoms with van der Waals surface area (Å²) in [5.41, 5.74) is 3.89. The van der Waals surface area contributed by atoms with E-state index in [1.807, 2.05) is 33.8 Å². The van der Waals surface area contributed by atoms with Crippen molar-refractivity contribution in [3.05, 3.63) is 151 Å². The number of nitrogens with two attached hydrogens (primary N) is 1. The largest absolute Gasteiger partial charge is 0.456 e. The molecule has 0 unspecified atom stereocenters. The summed E-state index contributed by atoms with van der Waals surface area (Å²) in [5.74, 6) is -1.93. The molecule has 5 aromatic rings. The molecule has 21 heteroatoms. The van der Waals surface area contributed by atoms with Crippen molar-refractivity contribution >= 4 is 86.4 Å². The first kappa shape index (κ1) is 51.0. The lowest BCUT2D eigenvalue weighted by atomic mass is 10.2. The third-order valence-corrected chi connectivity index (χ3v) is 10.1. The van der Waals surface area contributed by atoms with Crippen molar-refractivity contribution in [2.75, 3.05) is 16.8 Å². The molecule has 0 atom stereocenters. The van der Waals surface area contributed by atoms with Crippen LogP contribution >= 0.6 is 58.2 Å². The normalized spacial score (nSPS) is 10.8. The van der Waals surface area contributed by atoms with Gasteiger partial charge in [-0.1, -0.05) is 82.4 Å². The fraction of sp³-hybridized carbons (Fsp3) is 0.195. The van der Waals surface area contributed by atoms with Gasteiger partial charge < -0.3 is 25.4 Å². The highest BCUT2D eigenvalue weighted by molar-refractivity contribution is 8.13. The topological polar surface area (TPSA) is 150 Å². The van der Waals surface area contributed by atoms with Crippen LogP contribution in [0.3, 0.4) is 0 Å². The van der Waals surface area contributed by atoms with E-state index in [1.54, 1.807) is 29.2 Å². The number of hydrogen-bond donors (Lipinski definition) is 2. The molecular weight excluding hydrogens is 927 g/mol. The molecule has 0 spiro atoms. The average molecular weight is 964 g/mol. The number of anilines is 2. The molecule has 0 saturated carbocycles. The minimum Gasteiger partial charge on any atom is -0.456 e. The number of rotatable bonds is 11. The number of aromatic nitrogens is 1. The quantitative estimate of drug-likeness (QED) is 0.0571. The molecule has 0 radical (unpaired) electrons. The molecule has 0 aliphatic heterocycles. The van der Waals surface area contributed by atoms with Crippen molar-refractivity contribution in [1.29, 1.82) is 0 Å². The Bertz CT molecular complexity index is 2370. The number of hydrogen-bond acceptors (Lipinski definition) is 9. The number of alkyl halides is 3. The molecule has 1 aromatic heterocycles. The molecule has 11 nitrogen and oxygen atoms in total. The van der Waals surface area contributed by atoms with Crippen LogP contribution < -0.4 is 20.5 Å². The van der Waals surface area contributed by atoms with Gasteiger partial charge in [-0.3, -0.25) is 19.7 Å². The van der Waals surface area contributed by atoms with Crippen molar-refractivity contribution in [2.45, 2.75) is 46.0 Å². The molecule has 0 aliphatic carbocycles. The molecule has 3 N–H and O–H groups in total. The predicted molar refractivity (Wildman–Crippen MR) is 234 cm³/mol. The number of carbonyl (C=O) groups is 2. The lowest BCUT2D eigenvalue weighted by molar-refractivity contribution is -0.383. The molecule has 0 bridgehead atoms. The van der Waals surface area contributed by atoms with Crippen LogP contribution in [0.5, 0.6) is 23.1 Å². The summed E-state index contributed by atoms with van der Waals surface area (Å²) < 4.78 is 76.0. The number of pyridine rings is 1. The molecule has 0 fully saturated rings. The molecule has 1 heterocycles. The lowest BCUT2D eigenvalue weighted by Gasteiger charge is -2.30. The second kappa shape index (κ2) is 23.8. The monoisotopic (exact) mass is 961 g/mol. The summed E-state index contributed by atoms with van der Waals surface area (Å²) in [5, 5.41) is 13.2. The van der Waals surface area contributed by atoms with Crippen molar-refractivity contribution in [1.82, 2.24) is 9.88 Å². The summed E-state index contributed by atoms with van der Waals surface area (Å²) in [6, 6.07) is 21.3. The maximum atomic E-state index is 13.7. The molecule has 0 aliphatic rings. The lowest BCUT2D eigenvalue weighted by Crippen LogP contribution is -2.39. The second-order valence-corrected chi connectivity index (χ2v) is 15.6. The van der Waals surface area contributed by atoms with E-state index in [0.29, 0.717) is 22.6 Å². The number of nitrogens with one attached hydrogen (secondary N) is 1. The number of benzene rings is 4. The number of nitrogens with zero attached hydrogens (tertiary/aromatic N) is 3. The number of para-hydroxylation sites is 1. The van der Waals surface area contributed by atoms with E-state index in [9.17, 15) is 41.7 Å². The van der Waals surface area contributed by atoms with Crippen LogP contribution in [0.2, 0.25) is 5.02 Å². The fourth-order valence-electron chi connectivity index (χ4n) is 4.96. The Kier molecular flexibility index (Phi) is 19.6. The molecule has 4 aromatic carbocycles. The number of nitrogen functional groups attached to an aromatic ring is 1. The zero-order valence-corrected chi connectivity index (χ0v) is 36.7. The van der Waals surface area contributed by atoms with Crippen molar-refractivity contribution in [3.63, 3.8) is 0 Å². The fourth-order valence-corrected chi connectivity index (χ4v) is 6.58. The van der Waals surface area contributed by atoms with E-state index in [4.69, 9.17) is 61.6 Å². The second-order valence-electron chi connectivity index (χ2n) is 12.9. The number of nitro groups is 1. The third-order valence-electron chi connectivity index (χ3n) is 7.71. The van der Waals surface area contributed by atoms with Gasteiger partial charge in [0.25, 0.3) is 16.8 Å². The zero-order valence-electron chi connectivity index (χ0n) is 32.9. The van der Waals surface area contributed by atoms with Gasteiger partial charge in [-0.2, -0.15) is 13.2 Å². The molecular formula is C41H36Cl4F5N5O6S. The van der Waals surface area contributed by atoms with Crippen LogP contribution in [-0.4, -0.2) is 43.8 Å². The van der Waals surface area contributed by atoms with E-state index in [2.05, 4.69) is 10.3 Å². The van der Waals surface area contributed by atoms with Crippen LogP contribution in [0.15, 0.2) is 113 Å². The SMILES string of the molecule is CC(C)N(C(=O)SCC(Cl)=C(Cl)Cl)C(C)C.Nc1c([N+](=O)[O-])ccc(Oc2ccccc2)c1Cl.O=C(Nc1ccc(F)cc1F)c1cccnc1Oc1cccc(C(F)(F)F)c1.